The van der Waals surface area contributed by atoms with E-state index in [1.165, 1.54) is 12.8 Å². The SMILES string of the molecule is C=CCN1CC(C)(C)NCC1(CC)CC. The molecule has 0 radical (unpaired) electrons. The molecule has 0 bridgehead atoms. The van der Waals surface area contributed by atoms with E-state index in [0.717, 1.165) is 19.6 Å². The van der Waals surface area contributed by atoms with E-state index < -0.39 is 0 Å². The van der Waals surface area contributed by atoms with E-state index >= 15 is 0 Å². The number of hydrogen-bond acceptors (Lipinski definition) is 2. The molecule has 0 saturated carbocycles. The van der Waals surface area contributed by atoms with Crippen LogP contribution >= 0.6 is 0 Å². The highest BCUT2D eigenvalue weighted by Crippen LogP contribution is 2.29. The topological polar surface area (TPSA) is 15.3 Å². The second kappa shape index (κ2) is 4.67. The summed E-state index contributed by atoms with van der Waals surface area (Å²) in [6.07, 6.45) is 4.45. The van der Waals surface area contributed by atoms with Crippen molar-refractivity contribution < 1.29 is 0 Å². The quantitative estimate of drug-likeness (QED) is 0.717. The second-order valence-corrected chi connectivity index (χ2v) is 5.34. The molecule has 0 spiro atoms. The average molecular weight is 210 g/mol. The third kappa shape index (κ3) is 2.61. The Bertz CT molecular complexity index is 217. The zero-order chi connectivity index (χ0) is 11.5. The molecule has 0 unspecified atom stereocenters. The standard InChI is InChI=1S/C13H26N2/c1-6-9-15-11-12(4,5)14-10-13(15,7-2)8-3/h6,14H,1,7-11H2,2-5H3. The first-order chi connectivity index (χ1) is 6.99. The Morgan fingerprint density at radius 1 is 1.33 bits per heavy atom. The molecular weight excluding hydrogens is 184 g/mol. The fraction of sp³-hybridized carbons (Fsp3) is 0.846. The maximum atomic E-state index is 3.87. The Labute approximate surface area is 94.7 Å². The van der Waals surface area contributed by atoms with Crippen LogP contribution in [-0.4, -0.2) is 35.6 Å². The lowest BCUT2D eigenvalue weighted by Gasteiger charge is -2.52. The highest BCUT2D eigenvalue weighted by molar-refractivity contribution is 5.02. The summed E-state index contributed by atoms with van der Waals surface area (Å²) in [5.74, 6) is 0. The summed E-state index contributed by atoms with van der Waals surface area (Å²) in [4.78, 5) is 2.59. The molecule has 2 heteroatoms. The average Bonchev–Trinajstić information content (AvgIpc) is 2.19. The summed E-state index contributed by atoms with van der Waals surface area (Å²) in [6, 6.07) is 0. The minimum Gasteiger partial charge on any atom is -0.309 e. The van der Waals surface area contributed by atoms with Crippen molar-refractivity contribution in [1.82, 2.24) is 10.2 Å². The summed E-state index contributed by atoms with van der Waals surface area (Å²) >= 11 is 0. The first-order valence-corrected chi connectivity index (χ1v) is 6.10. The summed E-state index contributed by atoms with van der Waals surface area (Å²) in [7, 11) is 0. The zero-order valence-electron chi connectivity index (χ0n) is 10.8. The third-order valence-corrected chi connectivity index (χ3v) is 3.82. The fourth-order valence-electron chi connectivity index (χ4n) is 2.58. The van der Waals surface area contributed by atoms with Gasteiger partial charge in [0.15, 0.2) is 0 Å². The molecule has 0 aromatic rings. The molecule has 1 rings (SSSR count). The molecular formula is C13H26N2. The van der Waals surface area contributed by atoms with Gasteiger partial charge in [-0.1, -0.05) is 19.9 Å². The van der Waals surface area contributed by atoms with Crippen molar-refractivity contribution in [2.45, 2.75) is 51.6 Å². The van der Waals surface area contributed by atoms with Crippen LogP contribution in [-0.2, 0) is 0 Å². The summed E-state index contributed by atoms with van der Waals surface area (Å²) in [6.45, 7) is 16.2. The van der Waals surface area contributed by atoms with E-state index in [-0.39, 0.29) is 5.54 Å². The van der Waals surface area contributed by atoms with Crippen LogP contribution in [0.1, 0.15) is 40.5 Å². The van der Waals surface area contributed by atoms with Gasteiger partial charge in [0.05, 0.1) is 0 Å². The van der Waals surface area contributed by atoms with Gasteiger partial charge in [0.2, 0.25) is 0 Å². The monoisotopic (exact) mass is 210 g/mol. The summed E-state index contributed by atoms with van der Waals surface area (Å²) in [5.41, 5.74) is 0.570. The number of rotatable bonds is 4. The molecule has 1 fully saturated rings. The van der Waals surface area contributed by atoms with Crippen molar-refractivity contribution in [3.63, 3.8) is 0 Å². The Morgan fingerprint density at radius 3 is 2.40 bits per heavy atom. The smallest absolute Gasteiger partial charge is 0.0333 e. The van der Waals surface area contributed by atoms with E-state index in [1.807, 2.05) is 6.08 Å². The van der Waals surface area contributed by atoms with Gasteiger partial charge < -0.3 is 5.32 Å². The minimum absolute atomic E-state index is 0.233. The highest BCUT2D eigenvalue weighted by Gasteiger charge is 2.40. The lowest BCUT2D eigenvalue weighted by Crippen LogP contribution is -2.67. The number of nitrogens with zero attached hydrogens (tertiary/aromatic N) is 1. The van der Waals surface area contributed by atoms with Crippen LogP contribution in [0.15, 0.2) is 12.7 Å². The lowest BCUT2D eigenvalue weighted by atomic mass is 9.84. The highest BCUT2D eigenvalue weighted by atomic mass is 15.3. The van der Waals surface area contributed by atoms with E-state index in [4.69, 9.17) is 0 Å². The van der Waals surface area contributed by atoms with Gasteiger partial charge in [-0.3, -0.25) is 4.90 Å². The van der Waals surface area contributed by atoms with Crippen LogP contribution in [0, 0.1) is 0 Å². The van der Waals surface area contributed by atoms with Crippen molar-refractivity contribution in [2.75, 3.05) is 19.6 Å². The molecule has 1 heterocycles. The predicted molar refractivity (Wildman–Crippen MR) is 67.2 cm³/mol. The van der Waals surface area contributed by atoms with Crippen molar-refractivity contribution in [2.24, 2.45) is 0 Å². The van der Waals surface area contributed by atoms with Crippen molar-refractivity contribution in [1.29, 1.82) is 0 Å². The van der Waals surface area contributed by atoms with Gasteiger partial charge in [0.25, 0.3) is 0 Å². The van der Waals surface area contributed by atoms with Gasteiger partial charge in [-0.25, -0.2) is 0 Å². The Kier molecular flexibility index (Phi) is 3.96. The first kappa shape index (κ1) is 12.7. The molecule has 0 aliphatic carbocycles. The van der Waals surface area contributed by atoms with Gasteiger partial charge in [0, 0.05) is 30.7 Å². The Hall–Kier alpha value is -0.340. The van der Waals surface area contributed by atoms with Crippen LogP contribution < -0.4 is 5.32 Å². The van der Waals surface area contributed by atoms with Gasteiger partial charge in [-0.15, -0.1) is 6.58 Å². The van der Waals surface area contributed by atoms with Crippen LogP contribution in [0.4, 0.5) is 0 Å². The normalized spacial score (nSPS) is 25.1. The number of piperazine rings is 1. The number of nitrogens with one attached hydrogen (secondary N) is 1. The van der Waals surface area contributed by atoms with E-state index in [9.17, 15) is 0 Å². The largest absolute Gasteiger partial charge is 0.309 e. The van der Waals surface area contributed by atoms with Crippen LogP contribution in [0.25, 0.3) is 0 Å². The van der Waals surface area contributed by atoms with E-state index in [2.05, 4.69) is 44.5 Å². The van der Waals surface area contributed by atoms with Crippen molar-refractivity contribution in [3.8, 4) is 0 Å². The van der Waals surface area contributed by atoms with Crippen LogP contribution in [0.2, 0.25) is 0 Å². The van der Waals surface area contributed by atoms with Crippen molar-refractivity contribution in [3.05, 3.63) is 12.7 Å². The zero-order valence-corrected chi connectivity index (χ0v) is 10.8. The molecule has 1 aliphatic heterocycles. The Morgan fingerprint density at radius 2 is 1.93 bits per heavy atom. The molecule has 0 aromatic carbocycles. The van der Waals surface area contributed by atoms with Crippen molar-refractivity contribution >= 4 is 0 Å². The lowest BCUT2D eigenvalue weighted by molar-refractivity contribution is 0.0187. The molecule has 88 valence electrons. The van der Waals surface area contributed by atoms with Gasteiger partial charge in [-0.05, 0) is 26.7 Å². The molecule has 0 amide bonds. The van der Waals surface area contributed by atoms with Gasteiger partial charge >= 0.3 is 0 Å². The molecule has 0 atom stereocenters. The predicted octanol–water partition coefficient (Wildman–Crippen LogP) is 2.42. The third-order valence-electron chi connectivity index (χ3n) is 3.82. The van der Waals surface area contributed by atoms with Gasteiger partial charge in [-0.2, -0.15) is 0 Å². The molecule has 2 nitrogen and oxygen atoms in total. The van der Waals surface area contributed by atoms with E-state index in [0.29, 0.717) is 5.54 Å². The fourth-order valence-corrected chi connectivity index (χ4v) is 2.58. The molecule has 15 heavy (non-hydrogen) atoms. The maximum absolute atomic E-state index is 3.87. The maximum Gasteiger partial charge on any atom is 0.0333 e. The number of hydrogen-bond donors (Lipinski definition) is 1. The minimum atomic E-state index is 0.233. The summed E-state index contributed by atoms with van der Waals surface area (Å²) < 4.78 is 0. The molecule has 0 aromatic heterocycles. The van der Waals surface area contributed by atoms with Crippen LogP contribution in [0.5, 0.6) is 0 Å². The molecule has 1 saturated heterocycles. The van der Waals surface area contributed by atoms with E-state index in [1.54, 1.807) is 0 Å². The van der Waals surface area contributed by atoms with Gasteiger partial charge in [0.1, 0.15) is 0 Å². The second-order valence-electron chi connectivity index (χ2n) is 5.34. The first-order valence-electron chi connectivity index (χ1n) is 6.10. The van der Waals surface area contributed by atoms with Crippen LogP contribution in [0.3, 0.4) is 0 Å². The Balaban J connectivity index is 2.83. The summed E-state index contributed by atoms with van der Waals surface area (Å²) in [5, 5.41) is 3.66. The molecule has 1 N–H and O–H groups in total. The molecule has 1 aliphatic rings.